The molecule has 0 radical (unpaired) electrons. The fourth-order valence-corrected chi connectivity index (χ4v) is 3.29. The molecule has 1 amide bonds. The van der Waals surface area contributed by atoms with Crippen LogP contribution >= 0.6 is 11.6 Å². The van der Waals surface area contributed by atoms with Crippen LogP contribution < -0.4 is 23.8 Å². The van der Waals surface area contributed by atoms with Gasteiger partial charge in [-0.05, 0) is 35.9 Å². The third-order valence-corrected chi connectivity index (χ3v) is 5.77. The van der Waals surface area contributed by atoms with Gasteiger partial charge in [-0.15, -0.1) is 0 Å². The van der Waals surface area contributed by atoms with Gasteiger partial charge in [-0.3, -0.25) is 9.10 Å². The highest BCUT2D eigenvalue weighted by Gasteiger charge is 2.18. The van der Waals surface area contributed by atoms with Gasteiger partial charge < -0.3 is 19.5 Å². The van der Waals surface area contributed by atoms with Crippen LogP contribution in [0.3, 0.4) is 0 Å². The second kappa shape index (κ2) is 9.23. The van der Waals surface area contributed by atoms with Crippen molar-refractivity contribution in [1.82, 2.24) is 5.32 Å². The van der Waals surface area contributed by atoms with Crippen molar-refractivity contribution in [1.29, 1.82) is 0 Å². The van der Waals surface area contributed by atoms with Crippen molar-refractivity contribution in [2.45, 2.75) is 6.54 Å². The molecule has 0 atom stereocenters. The van der Waals surface area contributed by atoms with E-state index in [0.29, 0.717) is 28.5 Å². The highest BCUT2D eigenvalue weighted by atomic mass is 35.5. The zero-order valence-electron chi connectivity index (χ0n) is 16.8. The zero-order chi connectivity index (χ0) is 21.8. The molecule has 2 aromatic rings. The number of ether oxygens (including phenoxy) is 3. The predicted molar refractivity (Wildman–Crippen MR) is 112 cm³/mol. The molecule has 0 heterocycles. The van der Waals surface area contributed by atoms with Crippen molar-refractivity contribution in [3.63, 3.8) is 0 Å². The monoisotopic (exact) mass is 442 g/mol. The van der Waals surface area contributed by atoms with Crippen LogP contribution in [0.15, 0.2) is 30.3 Å². The molecule has 0 bridgehead atoms. The lowest BCUT2D eigenvalue weighted by molar-refractivity contribution is 0.0951. The summed E-state index contributed by atoms with van der Waals surface area (Å²) in [6.07, 6.45) is 1.08. The van der Waals surface area contributed by atoms with Crippen LogP contribution in [0, 0.1) is 0 Å². The molecule has 2 rings (SSSR count). The standard InChI is InChI=1S/C19H23ClN2O6S/c1-22(29(5,24)25)13-6-7-15(20)14(10-13)19(23)21-11-12-8-16(26-2)18(28-4)17(9-12)27-3/h6-10H,11H2,1-5H3,(H,21,23). The van der Waals surface area contributed by atoms with Gasteiger partial charge >= 0.3 is 0 Å². The maximum Gasteiger partial charge on any atom is 0.253 e. The molecule has 0 unspecified atom stereocenters. The number of anilines is 1. The molecule has 0 saturated carbocycles. The lowest BCUT2D eigenvalue weighted by Gasteiger charge is -2.18. The Labute approximate surface area is 175 Å². The van der Waals surface area contributed by atoms with Gasteiger partial charge in [0.15, 0.2) is 11.5 Å². The number of nitrogens with one attached hydrogen (secondary N) is 1. The van der Waals surface area contributed by atoms with E-state index in [9.17, 15) is 13.2 Å². The molecule has 29 heavy (non-hydrogen) atoms. The van der Waals surface area contributed by atoms with E-state index in [1.807, 2.05) is 0 Å². The van der Waals surface area contributed by atoms with E-state index in [4.69, 9.17) is 25.8 Å². The van der Waals surface area contributed by atoms with Crippen LogP contribution in [0.4, 0.5) is 5.69 Å². The summed E-state index contributed by atoms with van der Waals surface area (Å²) >= 11 is 6.14. The number of amides is 1. The average molecular weight is 443 g/mol. The minimum atomic E-state index is -3.47. The molecule has 158 valence electrons. The molecular weight excluding hydrogens is 420 g/mol. The van der Waals surface area contributed by atoms with Crippen molar-refractivity contribution in [2.24, 2.45) is 0 Å². The summed E-state index contributed by atoms with van der Waals surface area (Å²) in [5, 5.41) is 2.96. The van der Waals surface area contributed by atoms with Crippen molar-refractivity contribution in [3.05, 3.63) is 46.5 Å². The number of nitrogens with zero attached hydrogens (tertiary/aromatic N) is 1. The summed E-state index contributed by atoms with van der Waals surface area (Å²) in [5.41, 5.74) is 1.20. The number of halogens is 1. The minimum Gasteiger partial charge on any atom is -0.493 e. The molecule has 1 N–H and O–H groups in total. The number of carbonyl (C=O) groups is 1. The van der Waals surface area contributed by atoms with Gasteiger partial charge in [0.05, 0.1) is 43.9 Å². The Morgan fingerprint density at radius 2 is 1.66 bits per heavy atom. The maximum absolute atomic E-state index is 12.6. The number of carbonyl (C=O) groups excluding carboxylic acids is 1. The Kier molecular flexibility index (Phi) is 7.21. The number of benzene rings is 2. The SMILES string of the molecule is COc1cc(CNC(=O)c2cc(N(C)S(C)(=O)=O)ccc2Cl)cc(OC)c1OC. The van der Waals surface area contributed by atoms with Crippen molar-refractivity contribution >= 4 is 33.2 Å². The van der Waals surface area contributed by atoms with Gasteiger partial charge in [0.2, 0.25) is 15.8 Å². The summed E-state index contributed by atoms with van der Waals surface area (Å²) < 4.78 is 40.4. The van der Waals surface area contributed by atoms with E-state index in [1.165, 1.54) is 46.6 Å². The Hall–Kier alpha value is -2.65. The van der Waals surface area contributed by atoms with Gasteiger partial charge in [0, 0.05) is 13.6 Å². The molecule has 8 nitrogen and oxygen atoms in total. The number of rotatable bonds is 8. The molecule has 0 spiro atoms. The van der Waals surface area contributed by atoms with Gasteiger partial charge in [0.25, 0.3) is 5.91 Å². The minimum absolute atomic E-state index is 0.159. The molecule has 10 heteroatoms. The maximum atomic E-state index is 12.6. The number of methoxy groups -OCH3 is 3. The molecule has 0 aliphatic carbocycles. The summed E-state index contributed by atoms with van der Waals surface area (Å²) in [6, 6.07) is 7.87. The Morgan fingerprint density at radius 3 is 2.14 bits per heavy atom. The fourth-order valence-electron chi connectivity index (χ4n) is 2.59. The number of hydrogen-bond acceptors (Lipinski definition) is 6. The lowest BCUT2D eigenvalue weighted by atomic mass is 10.1. The normalized spacial score (nSPS) is 11.0. The number of sulfonamides is 1. The van der Waals surface area contributed by atoms with Crippen LogP contribution in [-0.4, -0.2) is 49.0 Å². The van der Waals surface area contributed by atoms with E-state index >= 15 is 0 Å². The molecular formula is C19H23ClN2O6S. The van der Waals surface area contributed by atoms with Gasteiger partial charge in [-0.2, -0.15) is 0 Å². The molecule has 2 aromatic carbocycles. The predicted octanol–water partition coefficient (Wildman–Crippen LogP) is 2.69. The quantitative estimate of drug-likeness (QED) is 0.675. The Morgan fingerprint density at radius 1 is 1.07 bits per heavy atom. The van der Waals surface area contributed by atoms with Crippen LogP contribution in [0.25, 0.3) is 0 Å². The van der Waals surface area contributed by atoms with Crippen molar-refractivity contribution < 1.29 is 27.4 Å². The van der Waals surface area contributed by atoms with E-state index in [0.717, 1.165) is 10.6 Å². The topological polar surface area (TPSA) is 94.2 Å². The average Bonchev–Trinajstić information content (AvgIpc) is 2.70. The largest absolute Gasteiger partial charge is 0.493 e. The highest BCUT2D eigenvalue weighted by molar-refractivity contribution is 7.92. The zero-order valence-corrected chi connectivity index (χ0v) is 18.3. The first-order chi connectivity index (χ1) is 13.6. The third kappa shape index (κ3) is 5.24. The van der Waals surface area contributed by atoms with Crippen LogP contribution in [0.5, 0.6) is 17.2 Å². The second-order valence-corrected chi connectivity index (χ2v) is 8.53. The first kappa shape index (κ1) is 22.6. The molecule has 0 aromatic heterocycles. The van der Waals surface area contributed by atoms with Crippen molar-refractivity contribution in [3.8, 4) is 17.2 Å². The van der Waals surface area contributed by atoms with E-state index in [2.05, 4.69) is 5.32 Å². The summed E-state index contributed by atoms with van der Waals surface area (Å²) in [4.78, 5) is 12.6. The second-order valence-electron chi connectivity index (χ2n) is 6.11. The van der Waals surface area contributed by atoms with E-state index < -0.39 is 15.9 Å². The van der Waals surface area contributed by atoms with Crippen molar-refractivity contribution in [2.75, 3.05) is 38.9 Å². The summed E-state index contributed by atoms with van der Waals surface area (Å²) in [7, 11) is 2.44. The first-order valence-corrected chi connectivity index (χ1v) is 10.7. The van der Waals surface area contributed by atoms with Crippen LogP contribution in [0.1, 0.15) is 15.9 Å². The molecule has 0 fully saturated rings. The van der Waals surface area contributed by atoms with Crippen LogP contribution in [0.2, 0.25) is 5.02 Å². The van der Waals surface area contributed by atoms with E-state index in [1.54, 1.807) is 12.1 Å². The van der Waals surface area contributed by atoms with Gasteiger partial charge in [-0.1, -0.05) is 11.6 Å². The lowest BCUT2D eigenvalue weighted by Crippen LogP contribution is -2.26. The molecule has 0 aliphatic heterocycles. The summed E-state index contributed by atoms with van der Waals surface area (Å²) in [6.45, 7) is 0.165. The van der Waals surface area contributed by atoms with Gasteiger partial charge in [0.1, 0.15) is 0 Å². The first-order valence-electron chi connectivity index (χ1n) is 8.43. The van der Waals surface area contributed by atoms with Gasteiger partial charge in [-0.25, -0.2) is 8.42 Å². The fraction of sp³-hybridized carbons (Fsp3) is 0.316. The smallest absolute Gasteiger partial charge is 0.253 e. The van der Waals surface area contributed by atoms with Crippen LogP contribution in [-0.2, 0) is 16.6 Å². The number of hydrogen-bond donors (Lipinski definition) is 1. The Bertz CT molecular complexity index is 985. The molecule has 0 saturated heterocycles. The molecule has 0 aliphatic rings. The third-order valence-electron chi connectivity index (χ3n) is 4.23. The Balaban J connectivity index is 2.26. The summed E-state index contributed by atoms with van der Waals surface area (Å²) in [5.74, 6) is 0.925. The highest BCUT2D eigenvalue weighted by Crippen LogP contribution is 2.38. The van der Waals surface area contributed by atoms with E-state index in [-0.39, 0.29) is 17.1 Å².